The molecule has 0 amide bonds. The van der Waals surface area contributed by atoms with Crippen LogP contribution in [0.2, 0.25) is 0 Å². The smallest absolute Gasteiger partial charge is 0.306 e. The van der Waals surface area contributed by atoms with Crippen molar-refractivity contribution in [3.63, 3.8) is 0 Å². The number of ether oxygens (including phenoxy) is 3. The molecule has 0 heterocycles. The lowest BCUT2D eigenvalue weighted by molar-refractivity contribution is -0.167. The normalized spacial score (nSPS) is 12.5. The molecule has 0 aliphatic rings. The number of unbranched alkanes of at least 4 members (excludes halogenated alkanes) is 32. The minimum Gasteiger partial charge on any atom is -0.462 e. The molecule has 0 aromatic carbocycles. The van der Waals surface area contributed by atoms with Crippen molar-refractivity contribution >= 4 is 17.9 Å². The van der Waals surface area contributed by atoms with Gasteiger partial charge in [0, 0.05) is 19.3 Å². The summed E-state index contributed by atoms with van der Waals surface area (Å²) in [7, 11) is 0. The highest BCUT2D eigenvalue weighted by Crippen LogP contribution is 2.16. The minimum atomic E-state index is -0.782. The van der Waals surface area contributed by atoms with E-state index in [4.69, 9.17) is 14.2 Å². The van der Waals surface area contributed by atoms with E-state index in [1.54, 1.807) is 0 Å². The highest BCUT2D eigenvalue weighted by Gasteiger charge is 2.19. The second-order valence-electron chi connectivity index (χ2n) is 19.5. The van der Waals surface area contributed by atoms with Crippen LogP contribution in [0, 0.1) is 0 Å². The first-order valence-corrected chi connectivity index (χ1v) is 29.3. The molecule has 394 valence electrons. The third-order valence-corrected chi connectivity index (χ3v) is 12.7. The summed E-state index contributed by atoms with van der Waals surface area (Å²) in [5.41, 5.74) is 0. The van der Waals surface area contributed by atoms with E-state index in [2.05, 4.69) is 81.5 Å². The summed E-state index contributed by atoms with van der Waals surface area (Å²) in [6, 6.07) is 0. The molecule has 0 aliphatic carbocycles. The number of hydrogen-bond donors (Lipinski definition) is 0. The second-order valence-corrected chi connectivity index (χ2v) is 19.5. The Labute approximate surface area is 421 Å². The number of rotatable bonds is 53. The Morgan fingerprint density at radius 3 is 0.912 bits per heavy atom. The van der Waals surface area contributed by atoms with Gasteiger partial charge in [-0.2, -0.15) is 0 Å². The van der Waals surface area contributed by atoms with Gasteiger partial charge in [-0.25, -0.2) is 0 Å². The molecule has 0 aromatic rings. The maximum Gasteiger partial charge on any atom is 0.306 e. The molecule has 1 unspecified atom stereocenters. The Bertz CT molecular complexity index is 1230. The lowest BCUT2D eigenvalue weighted by Gasteiger charge is -2.18. The molecule has 0 rings (SSSR count). The molecule has 1 atom stereocenters. The van der Waals surface area contributed by atoms with Crippen molar-refractivity contribution in [1.29, 1.82) is 0 Å². The third kappa shape index (κ3) is 54.1. The van der Waals surface area contributed by atoms with Crippen molar-refractivity contribution in [3.8, 4) is 0 Å². The van der Waals surface area contributed by atoms with Crippen LogP contribution in [0.5, 0.6) is 0 Å². The van der Waals surface area contributed by atoms with Gasteiger partial charge >= 0.3 is 17.9 Å². The quantitative estimate of drug-likeness (QED) is 0.0262. The number of esters is 3. The molecule has 68 heavy (non-hydrogen) atoms. The summed E-state index contributed by atoms with van der Waals surface area (Å²) in [5, 5.41) is 0. The van der Waals surface area contributed by atoms with Crippen molar-refractivity contribution in [3.05, 3.63) is 60.8 Å². The Hall–Kier alpha value is -2.89. The molecule has 6 nitrogen and oxygen atoms in total. The van der Waals surface area contributed by atoms with Crippen LogP contribution in [0.4, 0.5) is 0 Å². The Kier molecular flexibility index (Phi) is 54.3. The summed E-state index contributed by atoms with van der Waals surface area (Å²) in [6.45, 7) is 6.55. The molecule has 0 fully saturated rings. The van der Waals surface area contributed by atoms with Crippen molar-refractivity contribution in [1.82, 2.24) is 0 Å². The predicted octanol–water partition coefficient (Wildman–Crippen LogP) is 19.6. The van der Waals surface area contributed by atoms with Gasteiger partial charge in [-0.1, -0.05) is 236 Å². The molecule has 0 radical (unpaired) electrons. The highest BCUT2D eigenvalue weighted by atomic mass is 16.6. The summed E-state index contributed by atoms with van der Waals surface area (Å²) >= 11 is 0. The largest absolute Gasteiger partial charge is 0.462 e. The molecule has 0 N–H and O–H groups in total. The fourth-order valence-electron chi connectivity index (χ4n) is 8.27. The van der Waals surface area contributed by atoms with Gasteiger partial charge in [0.25, 0.3) is 0 Å². The van der Waals surface area contributed by atoms with E-state index in [0.717, 1.165) is 89.9 Å². The van der Waals surface area contributed by atoms with Crippen molar-refractivity contribution < 1.29 is 28.6 Å². The summed E-state index contributed by atoms with van der Waals surface area (Å²) in [4.78, 5) is 38.1. The summed E-state index contributed by atoms with van der Waals surface area (Å²) < 4.78 is 16.8. The van der Waals surface area contributed by atoms with Gasteiger partial charge in [0.1, 0.15) is 13.2 Å². The van der Waals surface area contributed by atoms with Gasteiger partial charge in [-0.15, -0.1) is 0 Å². The first kappa shape index (κ1) is 65.1. The van der Waals surface area contributed by atoms with Crippen molar-refractivity contribution in [2.75, 3.05) is 13.2 Å². The van der Waals surface area contributed by atoms with E-state index >= 15 is 0 Å². The molecule has 0 spiro atoms. The summed E-state index contributed by atoms with van der Waals surface area (Å²) in [6.07, 6.45) is 70.8. The number of allylic oxidation sites excluding steroid dienone is 10. The van der Waals surface area contributed by atoms with Crippen LogP contribution in [-0.4, -0.2) is 37.2 Å². The van der Waals surface area contributed by atoms with Crippen molar-refractivity contribution in [2.24, 2.45) is 0 Å². The van der Waals surface area contributed by atoms with E-state index in [1.165, 1.54) is 167 Å². The van der Waals surface area contributed by atoms with Gasteiger partial charge < -0.3 is 14.2 Å². The zero-order chi connectivity index (χ0) is 49.3. The van der Waals surface area contributed by atoms with E-state index in [-0.39, 0.29) is 31.1 Å². The molecule has 0 aliphatic heterocycles. The average molecular weight is 952 g/mol. The highest BCUT2D eigenvalue weighted by molar-refractivity contribution is 5.71. The van der Waals surface area contributed by atoms with E-state index in [0.29, 0.717) is 19.3 Å². The van der Waals surface area contributed by atoms with Crippen LogP contribution >= 0.6 is 0 Å². The zero-order valence-electron chi connectivity index (χ0n) is 45.1. The van der Waals surface area contributed by atoms with E-state index < -0.39 is 6.10 Å². The Morgan fingerprint density at radius 2 is 0.559 bits per heavy atom. The first-order chi connectivity index (χ1) is 33.5. The molecule has 0 saturated heterocycles. The van der Waals surface area contributed by atoms with Crippen LogP contribution in [-0.2, 0) is 28.6 Å². The lowest BCUT2D eigenvalue weighted by Crippen LogP contribution is -2.30. The van der Waals surface area contributed by atoms with Gasteiger partial charge in [0.15, 0.2) is 6.10 Å². The fourth-order valence-corrected chi connectivity index (χ4v) is 8.27. The first-order valence-electron chi connectivity index (χ1n) is 29.3. The van der Waals surface area contributed by atoms with Crippen LogP contribution in [0.3, 0.4) is 0 Å². The Balaban J connectivity index is 4.27. The number of hydrogen-bond acceptors (Lipinski definition) is 6. The van der Waals surface area contributed by atoms with Crippen LogP contribution in [0.1, 0.15) is 297 Å². The minimum absolute atomic E-state index is 0.0802. The van der Waals surface area contributed by atoms with E-state index in [1.807, 2.05) is 0 Å². The van der Waals surface area contributed by atoms with Gasteiger partial charge in [-0.05, 0) is 103 Å². The second kappa shape index (κ2) is 56.7. The van der Waals surface area contributed by atoms with Gasteiger partial charge in [0.05, 0.1) is 0 Å². The molecular formula is C62H110O6. The van der Waals surface area contributed by atoms with Crippen LogP contribution in [0.25, 0.3) is 0 Å². The average Bonchev–Trinajstić information content (AvgIpc) is 3.34. The monoisotopic (exact) mass is 951 g/mol. The van der Waals surface area contributed by atoms with Crippen LogP contribution < -0.4 is 0 Å². The fraction of sp³-hybridized carbons (Fsp3) is 0.790. The third-order valence-electron chi connectivity index (χ3n) is 12.7. The molecule has 0 aromatic heterocycles. The molecule has 0 bridgehead atoms. The molecule has 0 saturated carbocycles. The van der Waals surface area contributed by atoms with Gasteiger partial charge in [0.2, 0.25) is 0 Å². The maximum absolute atomic E-state index is 12.8. The topological polar surface area (TPSA) is 78.9 Å². The van der Waals surface area contributed by atoms with Gasteiger partial charge in [-0.3, -0.25) is 14.4 Å². The lowest BCUT2D eigenvalue weighted by atomic mass is 10.0. The SMILES string of the molecule is CCC/C=C\CCCCCCCC(=O)OCC(COC(=O)CCCCCCCCCCCCC/C=C\C/C=C\CCCCCCC)OC(=O)CCCCCCCCC/C=C\C/C=C\CCCCC. The molecule has 6 heteroatoms. The number of carbonyl (C=O) groups is 3. The number of carbonyl (C=O) groups excluding carboxylic acids is 3. The molecular weight excluding hydrogens is 841 g/mol. The Morgan fingerprint density at radius 1 is 0.294 bits per heavy atom. The van der Waals surface area contributed by atoms with Crippen molar-refractivity contribution in [2.45, 2.75) is 303 Å². The standard InChI is InChI=1S/C62H110O6/c1-4-7-10-13-16-19-22-24-26-28-29-30-31-32-33-35-36-38-40-43-46-49-52-55-61(64)67-58-59(57-66-60(63)54-51-48-45-42-21-18-15-12-9-6-3)68-62(65)56-53-50-47-44-41-39-37-34-27-25-23-20-17-14-11-8-5-2/h12,15,17,20,22,24-25,27-29,59H,4-11,13-14,16,18-19,21,23,26,30-58H2,1-3H3/b15-12-,20-17-,24-22-,27-25-,29-28-. The maximum atomic E-state index is 12.8. The van der Waals surface area contributed by atoms with E-state index in [9.17, 15) is 14.4 Å². The zero-order valence-corrected chi connectivity index (χ0v) is 45.1. The predicted molar refractivity (Wildman–Crippen MR) is 293 cm³/mol. The van der Waals surface area contributed by atoms with Crippen LogP contribution in [0.15, 0.2) is 60.8 Å². The summed E-state index contributed by atoms with van der Waals surface area (Å²) in [5.74, 6) is -0.892.